The summed E-state index contributed by atoms with van der Waals surface area (Å²) in [6.07, 6.45) is 4.27. The Balaban J connectivity index is 1.48. The smallest absolute Gasteiger partial charge is 0.159 e. The topological polar surface area (TPSA) is 59.8 Å². The van der Waals surface area contributed by atoms with Crippen molar-refractivity contribution in [2.24, 2.45) is 0 Å². The molecule has 2 heterocycles. The van der Waals surface area contributed by atoms with E-state index < -0.39 is 0 Å². The molecular weight excluding hydrogens is 408 g/mol. The van der Waals surface area contributed by atoms with Crippen LogP contribution in [-0.4, -0.2) is 33.9 Å². The van der Waals surface area contributed by atoms with Gasteiger partial charge in [-0.2, -0.15) is 0 Å². The summed E-state index contributed by atoms with van der Waals surface area (Å²) in [5.74, 6) is 0.659. The van der Waals surface area contributed by atoms with Crippen molar-refractivity contribution >= 4 is 5.78 Å². The normalized spacial score (nSPS) is 14.4. The van der Waals surface area contributed by atoms with Crippen LogP contribution in [0.15, 0.2) is 72.9 Å². The van der Waals surface area contributed by atoms with E-state index in [0.717, 1.165) is 41.2 Å². The molecule has 0 saturated carbocycles. The molecular formula is C28H28N4O. The molecule has 0 bridgehead atoms. The summed E-state index contributed by atoms with van der Waals surface area (Å²) < 4.78 is 1.77. The van der Waals surface area contributed by atoms with Crippen LogP contribution in [0.1, 0.15) is 47.2 Å². The van der Waals surface area contributed by atoms with Crippen molar-refractivity contribution in [2.75, 3.05) is 13.1 Å². The number of Topliss-reactive ketones (excluding diaryl/α,β-unsaturated/α-hetero) is 1. The largest absolute Gasteiger partial charge is 0.317 e. The first-order chi connectivity index (χ1) is 16.1. The summed E-state index contributed by atoms with van der Waals surface area (Å²) in [7, 11) is 0. The molecule has 0 radical (unpaired) electrons. The summed E-state index contributed by atoms with van der Waals surface area (Å²) in [5.41, 5.74) is 7.96. The highest BCUT2D eigenvalue weighted by Gasteiger charge is 2.16. The van der Waals surface area contributed by atoms with Crippen molar-refractivity contribution in [1.29, 1.82) is 0 Å². The average Bonchev–Trinajstić information content (AvgIpc) is 3.35. The van der Waals surface area contributed by atoms with Crippen LogP contribution in [0, 0.1) is 6.92 Å². The fraction of sp³-hybridized carbons (Fsp3) is 0.250. The van der Waals surface area contributed by atoms with Crippen LogP contribution in [0.4, 0.5) is 0 Å². The van der Waals surface area contributed by atoms with E-state index in [4.69, 9.17) is 0 Å². The molecule has 0 aliphatic carbocycles. The molecule has 0 unspecified atom stereocenters. The van der Waals surface area contributed by atoms with Gasteiger partial charge >= 0.3 is 0 Å². The number of aromatic nitrogens is 3. The van der Waals surface area contributed by atoms with Gasteiger partial charge in [-0.15, -0.1) is 5.10 Å². The van der Waals surface area contributed by atoms with Crippen LogP contribution in [0.5, 0.6) is 0 Å². The predicted octanol–water partition coefficient (Wildman–Crippen LogP) is 5.58. The maximum absolute atomic E-state index is 12.3. The van der Waals surface area contributed by atoms with E-state index in [1.54, 1.807) is 11.6 Å². The van der Waals surface area contributed by atoms with Crippen LogP contribution in [0.25, 0.3) is 28.1 Å². The van der Waals surface area contributed by atoms with Crippen molar-refractivity contribution in [2.45, 2.75) is 32.6 Å². The summed E-state index contributed by atoms with van der Waals surface area (Å²) in [6.45, 7) is 5.83. The fourth-order valence-electron chi connectivity index (χ4n) is 4.47. The number of aryl methyl sites for hydroxylation is 1. The van der Waals surface area contributed by atoms with Gasteiger partial charge in [-0.1, -0.05) is 47.2 Å². The van der Waals surface area contributed by atoms with Gasteiger partial charge in [0.25, 0.3) is 0 Å². The first-order valence-corrected chi connectivity index (χ1v) is 11.5. The molecule has 1 aliphatic rings. The van der Waals surface area contributed by atoms with Gasteiger partial charge in [-0.05, 0) is 92.7 Å². The van der Waals surface area contributed by atoms with Gasteiger partial charge in [0.15, 0.2) is 5.78 Å². The number of benzene rings is 3. The predicted molar refractivity (Wildman–Crippen MR) is 132 cm³/mol. The monoisotopic (exact) mass is 436 g/mol. The van der Waals surface area contributed by atoms with Crippen LogP contribution in [0.3, 0.4) is 0 Å². The molecule has 1 aromatic heterocycles. The molecule has 1 saturated heterocycles. The van der Waals surface area contributed by atoms with Gasteiger partial charge in [-0.25, -0.2) is 4.68 Å². The molecule has 166 valence electrons. The first-order valence-electron chi connectivity index (χ1n) is 11.5. The zero-order valence-electron chi connectivity index (χ0n) is 19.1. The highest BCUT2D eigenvalue weighted by atomic mass is 16.1. The molecule has 0 atom stereocenters. The molecule has 3 aromatic carbocycles. The maximum atomic E-state index is 12.3. The standard InChI is InChI=1S/C28H28N4O/c1-19-3-9-27(10-4-19)32-18-28(30-31-32)26-16-24(20(2)33)15-25(17-26)22-7-5-21(6-8-22)23-11-13-29-14-12-23/h3-10,15-18,23,29H,11-14H2,1-2H3. The quantitative estimate of drug-likeness (QED) is 0.415. The van der Waals surface area contributed by atoms with E-state index in [1.165, 1.54) is 24.0 Å². The Labute approximate surface area is 194 Å². The second-order valence-corrected chi connectivity index (χ2v) is 8.89. The third-order valence-corrected chi connectivity index (χ3v) is 6.48. The molecule has 5 heteroatoms. The number of nitrogens with zero attached hydrogens (tertiary/aromatic N) is 3. The van der Waals surface area contributed by atoms with Gasteiger partial charge in [0.2, 0.25) is 0 Å². The number of ketones is 1. The van der Waals surface area contributed by atoms with E-state index in [2.05, 4.69) is 65.0 Å². The lowest BCUT2D eigenvalue weighted by Gasteiger charge is -2.23. The molecule has 0 amide bonds. The van der Waals surface area contributed by atoms with Crippen molar-refractivity contribution < 1.29 is 4.79 Å². The third-order valence-electron chi connectivity index (χ3n) is 6.48. The Bertz CT molecular complexity index is 1270. The van der Waals surface area contributed by atoms with Crippen molar-refractivity contribution in [1.82, 2.24) is 20.3 Å². The van der Waals surface area contributed by atoms with Gasteiger partial charge in [-0.3, -0.25) is 4.79 Å². The Morgan fingerprint density at radius 2 is 1.61 bits per heavy atom. The number of piperidine rings is 1. The average molecular weight is 437 g/mol. The lowest BCUT2D eigenvalue weighted by atomic mass is 9.89. The molecule has 5 rings (SSSR count). The summed E-state index contributed by atoms with van der Waals surface area (Å²) in [6, 6.07) is 22.9. The number of carbonyl (C=O) groups is 1. The summed E-state index contributed by atoms with van der Waals surface area (Å²) >= 11 is 0. The molecule has 1 fully saturated rings. The zero-order valence-corrected chi connectivity index (χ0v) is 19.1. The minimum atomic E-state index is 0.0374. The summed E-state index contributed by atoms with van der Waals surface area (Å²) in [5, 5.41) is 12.1. The second kappa shape index (κ2) is 9.12. The number of carbonyl (C=O) groups excluding carboxylic acids is 1. The number of hydrogen-bond acceptors (Lipinski definition) is 4. The van der Waals surface area contributed by atoms with Crippen molar-refractivity contribution in [3.63, 3.8) is 0 Å². The first kappa shape index (κ1) is 21.3. The highest BCUT2D eigenvalue weighted by Crippen LogP contribution is 2.31. The number of nitrogens with one attached hydrogen (secondary N) is 1. The summed E-state index contributed by atoms with van der Waals surface area (Å²) in [4.78, 5) is 12.3. The van der Waals surface area contributed by atoms with E-state index >= 15 is 0 Å². The molecule has 1 N–H and O–H groups in total. The molecule has 4 aromatic rings. The van der Waals surface area contributed by atoms with Crippen LogP contribution < -0.4 is 5.32 Å². The Morgan fingerprint density at radius 1 is 0.909 bits per heavy atom. The van der Waals surface area contributed by atoms with Crippen LogP contribution in [0.2, 0.25) is 0 Å². The fourth-order valence-corrected chi connectivity index (χ4v) is 4.47. The third kappa shape index (κ3) is 4.64. The zero-order chi connectivity index (χ0) is 22.8. The second-order valence-electron chi connectivity index (χ2n) is 8.89. The molecule has 5 nitrogen and oxygen atoms in total. The van der Waals surface area contributed by atoms with E-state index in [1.807, 2.05) is 30.5 Å². The Hall–Kier alpha value is -3.57. The van der Waals surface area contributed by atoms with Gasteiger partial charge in [0.1, 0.15) is 5.69 Å². The van der Waals surface area contributed by atoms with Crippen LogP contribution in [-0.2, 0) is 0 Å². The van der Waals surface area contributed by atoms with Gasteiger partial charge in [0.05, 0.1) is 11.9 Å². The van der Waals surface area contributed by atoms with E-state index in [0.29, 0.717) is 11.5 Å². The van der Waals surface area contributed by atoms with E-state index in [-0.39, 0.29) is 5.78 Å². The molecule has 1 aliphatic heterocycles. The minimum Gasteiger partial charge on any atom is -0.317 e. The SMILES string of the molecule is CC(=O)c1cc(-c2ccc(C3CCNCC3)cc2)cc(-c2cn(-c3ccc(C)cc3)nn2)c1. The lowest BCUT2D eigenvalue weighted by Crippen LogP contribution is -2.26. The lowest BCUT2D eigenvalue weighted by molar-refractivity contribution is 0.101. The van der Waals surface area contributed by atoms with Gasteiger partial charge < -0.3 is 5.32 Å². The van der Waals surface area contributed by atoms with E-state index in [9.17, 15) is 4.79 Å². The highest BCUT2D eigenvalue weighted by molar-refractivity contribution is 5.97. The molecule has 33 heavy (non-hydrogen) atoms. The Kier molecular flexibility index (Phi) is 5.88. The Morgan fingerprint density at radius 3 is 2.30 bits per heavy atom. The minimum absolute atomic E-state index is 0.0374. The van der Waals surface area contributed by atoms with Gasteiger partial charge in [0, 0.05) is 11.1 Å². The molecule has 0 spiro atoms. The van der Waals surface area contributed by atoms with Crippen LogP contribution >= 0.6 is 0 Å². The van der Waals surface area contributed by atoms with Crippen molar-refractivity contribution in [3.8, 4) is 28.1 Å². The number of hydrogen-bond donors (Lipinski definition) is 1. The maximum Gasteiger partial charge on any atom is 0.159 e. The number of rotatable bonds is 5. The van der Waals surface area contributed by atoms with Crippen molar-refractivity contribution in [3.05, 3.63) is 89.6 Å².